The van der Waals surface area contributed by atoms with Gasteiger partial charge in [-0.1, -0.05) is 91.0 Å². The van der Waals surface area contributed by atoms with E-state index in [1.165, 1.54) is 0 Å². The molecule has 1 aliphatic heterocycles. The lowest BCUT2D eigenvalue weighted by molar-refractivity contribution is 0.671. The zero-order valence-electron chi connectivity index (χ0n) is 21.2. The SMILES string of the molecule is [C-]#[N+]c1cccc(C2=NC(c3ccccc3)N=C(n3c4ccccc4c4ccc5c6ccccc6oc5c43)N2)c1. The summed E-state index contributed by atoms with van der Waals surface area (Å²) in [5, 5.41) is 7.86. The minimum absolute atomic E-state index is 0.463. The van der Waals surface area contributed by atoms with E-state index in [9.17, 15) is 0 Å². The van der Waals surface area contributed by atoms with E-state index in [-0.39, 0.29) is 0 Å². The molecule has 8 rings (SSSR count). The Morgan fingerprint density at radius 1 is 0.725 bits per heavy atom. The van der Waals surface area contributed by atoms with E-state index in [0.717, 1.165) is 54.9 Å². The van der Waals surface area contributed by atoms with Gasteiger partial charge in [0.25, 0.3) is 0 Å². The molecule has 0 spiro atoms. The number of furan rings is 1. The zero-order valence-corrected chi connectivity index (χ0v) is 21.2. The third-order valence-electron chi connectivity index (χ3n) is 7.46. The lowest BCUT2D eigenvalue weighted by Gasteiger charge is -2.23. The summed E-state index contributed by atoms with van der Waals surface area (Å²) in [4.78, 5) is 13.8. The van der Waals surface area contributed by atoms with Crippen LogP contribution in [-0.2, 0) is 0 Å². The van der Waals surface area contributed by atoms with Gasteiger partial charge in [0, 0.05) is 27.1 Å². The number of nitrogens with one attached hydrogen (secondary N) is 1. The fourth-order valence-electron chi connectivity index (χ4n) is 5.65. The van der Waals surface area contributed by atoms with Crippen molar-refractivity contribution in [3.05, 3.63) is 138 Å². The third kappa shape index (κ3) is 3.35. The van der Waals surface area contributed by atoms with Crippen molar-refractivity contribution in [1.29, 1.82) is 0 Å². The van der Waals surface area contributed by atoms with Gasteiger partial charge in [-0.3, -0.25) is 4.57 Å². The molecule has 0 amide bonds. The van der Waals surface area contributed by atoms with E-state index in [1.807, 2.05) is 72.8 Å². The molecule has 3 heterocycles. The van der Waals surface area contributed by atoms with Crippen molar-refractivity contribution in [2.24, 2.45) is 9.98 Å². The molecule has 5 aromatic carbocycles. The van der Waals surface area contributed by atoms with Crippen LogP contribution in [0.15, 0.2) is 130 Å². The number of aromatic nitrogens is 1. The number of amidine groups is 1. The highest BCUT2D eigenvalue weighted by Crippen LogP contribution is 2.39. The number of benzene rings is 5. The van der Waals surface area contributed by atoms with Crippen molar-refractivity contribution in [2.75, 3.05) is 0 Å². The second-order valence-corrected chi connectivity index (χ2v) is 9.79. The summed E-state index contributed by atoms with van der Waals surface area (Å²) in [6.45, 7) is 7.51. The van der Waals surface area contributed by atoms with E-state index in [1.54, 1.807) is 6.07 Å². The number of rotatable bonds is 2. The summed E-state index contributed by atoms with van der Waals surface area (Å²) in [6, 6.07) is 38.4. The Kier molecular flexibility index (Phi) is 4.85. The van der Waals surface area contributed by atoms with Crippen LogP contribution < -0.4 is 5.32 Å². The maximum Gasteiger partial charge on any atom is 0.211 e. The van der Waals surface area contributed by atoms with Gasteiger partial charge in [0.1, 0.15) is 16.9 Å². The van der Waals surface area contributed by atoms with Gasteiger partial charge in [-0.15, -0.1) is 0 Å². The monoisotopic (exact) mass is 515 g/mol. The Morgan fingerprint density at radius 2 is 1.50 bits per heavy atom. The molecule has 0 aliphatic carbocycles. The van der Waals surface area contributed by atoms with Gasteiger partial charge in [-0.2, -0.15) is 0 Å². The van der Waals surface area contributed by atoms with Crippen LogP contribution in [0.4, 0.5) is 5.69 Å². The summed E-state index contributed by atoms with van der Waals surface area (Å²) in [6.07, 6.45) is -0.463. The van der Waals surface area contributed by atoms with Crippen molar-refractivity contribution in [1.82, 2.24) is 9.88 Å². The summed E-state index contributed by atoms with van der Waals surface area (Å²) in [7, 11) is 0. The maximum absolute atomic E-state index is 7.51. The van der Waals surface area contributed by atoms with E-state index in [2.05, 4.69) is 51.1 Å². The zero-order chi connectivity index (χ0) is 26.6. The molecule has 0 saturated heterocycles. The van der Waals surface area contributed by atoms with E-state index >= 15 is 0 Å². The van der Waals surface area contributed by atoms with Crippen LogP contribution in [0.5, 0.6) is 0 Å². The molecule has 0 fully saturated rings. The molecule has 40 heavy (non-hydrogen) atoms. The first-order valence-corrected chi connectivity index (χ1v) is 13.1. The number of para-hydroxylation sites is 2. The molecule has 1 unspecified atom stereocenters. The predicted octanol–water partition coefficient (Wildman–Crippen LogP) is 8.20. The number of hydrogen-bond acceptors (Lipinski definition) is 4. The lowest BCUT2D eigenvalue weighted by atomic mass is 10.1. The normalized spacial score (nSPS) is 15.2. The van der Waals surface area contributed by atoms with Crippen molar-refractivity contribution in [2.45, 2.75) is 6.17 Å². The third-order valence-corrected chi connectivity index (χ3v) is 7.46. The van der Waals surface area contributed by atoms with E-state index in [0.29, 0.717) is 17.5 Å². The van der Waals surface area contributed by atoms with Crippen LogP contribution in [0.2, 0.25) is 0 Å². The van der Waals surface area contributed by atoms with Crippen molar-refractivity contribution < 1.29 is 4.42 Å². The fraction of sp³-hybridized carbons (Fsp3) is 0.0294. The highest BCUT2D eigenvalue weighted by Gasteiger charge is 2.25. The van der Waals surface area contributed by atoms with E-state index in [4.69, 9.17) is 21.0 Å². The lowest BCUT2D eigenvalue weighted by Crippen LogP contribution is -2.39. The Hall–Kier alpha value is -5.67. The van der Waals surface area contributed by atoms with Gasteiger partial charge in [0.15, 0.2) is 17.4 Å². The first-order chi connectivity index (χ1) is 19.8. The smallest absolute Gasteiger partial charge is 0.211 e. The maximum atomic E-state index is 7.51. The molecule has 1 atom stereocenters. The van der Waals surface area contributed by atoms with Gasteiger partial charge in [0.2, 0.25) is 5.96 Å². The van der Waals surface area contributed by atoms with Crippen LogP contribution in [0, 0.1) is 6.57 Å². The number of aliphatic imine (C=N–C) groups is 2. The number of fused-ring (bicyclic) bond motifs is 7. The Labute approximate surface area is 229 Å². The number of hydrogen-bond donors (Lipinski definition) is 1. The van der Waals surface area contributed by atoms with E-state index < -0.39 is 6.17 Å². The molecular weight excluding hydrogens is 494 g/mol. The summed E-state index contributed by atoms with van der Waals surface area (Å²) >= 11 is 0. The highest BCUT2D eigenvalue weighted by atomic mass is 16.3. The topological polar surface area (TPSA) is 59.2 Å². The molecular formula is C34H21N5O. The minimum atomic E-state index is -0.463. The first kappa shape index (κ1) is 22.3. The summed E-state index contributed by atoms with van der Waals surface area (Å²) in [5.74, 6) is 1.30. The van der Waals surface area contributed by atoms with Gasteiger partial charge in [0.05, 0.1) is 12.1 Å². The fourth-order valence-corrected chi connectivity index (χ4v) is 5.65. The standard InChI is InChI=1S/C34H21N5O/c1-35-23-13-9-12-22(20-23)33-36-32(21-10-3-2-4-11-21)37-34(38-33)39-28-16-7-5-14-24(28)26-18-19-27-25-15-6-8-17-29(25)40-31(27)30(26)39/h2-20,32H,(H,36,37,38). The van der Waals surface area contributed by atoms with Crippen LogP contribution in [0.1, 0.15) is 17.3 Å². The molecule has 1 N–H and O–H groups in total. The Balaban J connectivity index is 1.43. The van der Waals surface area contributed by atoms with Crippen LogP contribution in [-0.4, -0.2) is 16.4 Å². The molecule has 0 radical (unpaired) electrons. The molecule has 2 aromatic heterocycles. The molecule has 6 nitrogen and oxygen atoms in total. The molecule has 7 aromatic rings. The number of nitrogens with zero attached hydrogens (tertiary/aromatic N) is 4. The summed E-state index contributed by atoms with van der Waals surface area (Å²) < 4.78 is 8.66. The van der Waals surface area contributed by atoms with Gasteiger partial charge in [-0.05, 0) is 29.8 Å². The largest absolute Gasteiger partial charge is 0.454 e. The molecule has 1 aliphatic rings. The second-order valence-electron chi connectivity index (χ2n) is 9.79. The van der Waals surface area contributed by atoms with Crippen LogP contribution in [0.3, 0.4) is 0 Å². The van der Waals surface area contributed by atoms with Crippen molar-refractivity contribution in [3.8, 4) is 0 Å². The van der Waals surface area contributed by atoms with Gasteiger partial charge < -0.3 is 9.73 Å². The quantitative estimate of drug-likeness (QED) is 0.236. The van der Waals surface area contributed by atoms with Crippen LogP contribution >= 0.6 is 0 Å². The average Bonchev–Trinajstić information content (AvgIpc) is 3.57. The minimum Gasteiger partial charge on any atom is -0.454 e. The van der Waals surface area contributed by atoms with Crippen molar-refractivity contribution >= 4 is 61.2 Å². The Morgan fingerprint density at radius 3 is 2.38 bits per heavy atom. The van der Waals surface area contributed by atoms with Gasteiger partial charge in [-0.25, -0.2) is 14.8 Å². The average molecular weight is 516 g/mol. The first-order valence-electron chi connectivity index (χ1n) is 13.1. The second kappa shape index (κ2) is 8.69. The molecule has 0 bridgehead atoms. The van der Waals surface area contributed by atoms with Gasteiger partial charge >= 0.3 is 0 Å². The highest BCUT2D eigenvalue weighted by molar-refractivity contribution is 6.25. The van der Waals surface area contributed by atoms with Crippen LogP contribution in [0.25, 0.3) is 48.6 Å². The Bertz CT molecular complexity index is 2210. The summed E-state index contributed by atoms with van der Waals surface area (Å²) in [5.41, 5.74) is 5.99. The molecule has 6 heteroatoms. The molecule has 0 saturated carbocycles. The molecule has 188 valence electrons. The van der Waals surface area contributed by atoms with Crippen molar-refractivity contribution in [3.63, 3.8) is 0 Å². The predicted molar refractivity (Wildman–Crippen MR) is 161 cm³/mol.